The molecule has 1 saturated heterocycles. The molecule has 1 aliphatic carbocycles. The Bertz CT molecular complexity index is 396. The van der Waals surface area contributed by atoms with Crippen molar-refractivity contribution in [2.45, 2.75) is 50.2 Å². The third-order valence-corrected chi connectivity index (χ3v) is 6.82. The van der Waals surface area contributed by atoms with Gasteiger partial charge in [-0.05, 0) is 38.4 Å². The second kappa shape index (κ2) is 6.46. The molecule has 1 aliphatic heterocycles. The fourth-order valence-electron chi connectivity index (χ4n) is 3.23. The maximum Gasteiger partial charge on any atom is 0.317 e. The number of urea groups is 1. The Hall–Kier alpha value is -0.910. The van der Waals surface area contributed by atoms with Crippen molar-refractivity contribution in [3.63, 3.8) is 0 Å². The molecule has 0 spiro atoms. The van der Waals surface area contributed by atoms with Crippen LogP contribution in [0.15, 0.2) is 0 Å². The molecule has 1 heterocycles. The van der Waals surface area contributed by atoms with Gasteiger partial charge >= 0.3 is 12.0 Å². The van der Waals surface area contributed by atoms with E-state index in [2.05, 4.69) is 11.6 Å². The normalized spacial score (nSPS) is 23.2. The van der Waals surface area contributed by atoms with E-state index in [1.807, 2.05) is 18.7 Å². The highest BCUT2D eigenvalue weighted by molar-refractivity contribution is 8.00. The van der Waals surface area contributed by atoms with Crippen molar-refractivity contribution in [3.05, 3.63) is 0 Å². The molecule has 0 aromatic carbocycles. The van der Waals surface area contributed by atoms with Gasteiger partial charge in [0.25, 0.3) is 0 Å². The van der Waals surface area contributed by atoms with Crippen molar-refractivity contribution in [2.24, 2.45) is 5.41 Å². The quantitative estimate of drug-likeness (QED) is 0.818. The molecule has 120 valence electrons. The van der Waals surface area contributed by atoms with E-state index >= 15 is 0 Å². The number of nitrogens with one attached hydrogen (secondary N) is 1. The van der Waals surface area contributed by atoms with Crippen LogP contribution in [0.3, 0.4) is 0 Å². The minimum atomic E-state index is -0.721. The van der Waals surface area contributed by atoms with Gasteiger partial charge in [-0.25, -0.2) is 4.79 Å². The first kappa shape index (κ1) is 16.5. The number of hydrogen-bond donors (Lipinski definition) is 2. The van der Waals surface area contributed by atoms with E-state index in [1.165, 1.54) is 19.3 Å². The Morgan fingerprint density at radius 1 is 1.24 bits per heavy atom. The highest BCUT2D eigenvalue weighted by atomic mass is 32.2. The summed E-state index contributed by atoms with van der Waals surface area (Å²) >= 11 is 1.84. The zero-order valence-electron chi connectivity index (χ0n) is 13.0. The van der Waals surface area contributed by atoms with Gasteiger partial charge in [0.2, 0.25) is 0 Å². The van der Waals surface area contributed by atoms with Gasteiger partial charge in [-0.15, -0.1) is 0 Å². The molecule has 0 radical (unpaired) electrons. The smallest absolute Gasteiger partial charge is 0.317 e. The number of piperidine rings is 1. The van der Waals surface area contributed by atoms with Crippen LogP contribution in [0, 0.1) is 5.41 Å². The summed E-state index contributed by atoms with van der Waals surface area (Å²) in [5, 5.41) is 12.4. The van der Waals surface area contributed by atoms with E-state index in [-0.39, 0.29) is 10.8 Å². The zero-order chi connectivity index (χ0) is 15.5. The first-order valence-corrected chi connectivity index (χ1v) is 9.01. The second-order valence-corrected chi connectivity index (χ2v) is 7.60. The lowest BCUT2D eigenvalue weighted by atomic mass is 9.76. The van der Waals surface area contributed by atoms with Crippen LogP contribution in [-0.2, 0) is 4.79 Å². The molecule has 0 bridgehead atoms. The SMILES string of the molecule is CCC1(C(=O)O)CCN(C(=O)NCC2(SC)CCC2)CC1. The first-order valence-electron chi connectivity index (χ1n) is 7.78. The molecule has 0 unspecified atom stereocenters. The largest absolute Gasteiger partial charge is 0.481 e. The minimum absolute atomic E-state index is 0.0367. The molecule has 0 atom stereocenters. The first-order chi connectivity index (χ1) is 9.97. The van der Waals surface area contributed by atoms with Crippen LogP contribution < -0.4 is 5.32 Å². The van der Waals surface area contributed by atoms with Crippen molar-refractivity contribution in [3.8, 4) is 0 Å². The number of hydrogen-bond acceptors (Lipinski definition) is 3. The summed E-state index contributed by atoms with van der Waals surface area (Å²) in [5.74, 6) is -0.721. The van der Waals surface area contributed by atoms with E-state index in [0.717, 1.165) is 6.54 Å². The summed E-state index contributed by atoms with van der Waals surface area (Å²) in [4.78, 5) is 25.4. The standard InChI is InChI=1S/C15H26N2O3S/c1-3-14(12(18)19)7-9-17(10-8-14)13(20)16-11-15(21-2)5-4-6-15/h3-11H2,1-2H3,(H,16,20)(H,18,19). The molecule has 2 rings (SSSR count). The number of aliphatic carboxylic acids is 1. The van der Waals surface area contributed by atoms with Gasteiger partial charge in [0, 0.05) is 24.4 Å². The van der Waals surface area contributed by atoms with E-state index in [4.69, 9.17) is 0 Å². The minimum Gasteiger partial charge on any atom is -0.481 e. The molecule has 5 nitrogen and oxygen atoms in total. The number of nitrogens with zero attached hydrogens (tertiary/aromatic N) is 1. The van der Waals surface area contributed by atoms with Crippen LogP contribution in [0.5, 0.6) is 0 Å². The predicted octanol–water partition coefficient (Wildman–Crippen LogP) is 2.56. The molecular formula is C15H26N2O3S. The number of carbonyl (C=O) groups excluding carboxylic acids is 1. The lowest BCUT2D eigenvalue weighted by Crippen LogP contribution is -2.52. The molecule has 21 heavy (non-hydrogen) atoms. The summed E-state index contributed by atoms with van der Waals surface area (Å²) in [7, 11) is 0. The number of carboxylic acids is 1. The summed E-state index contributed by atoms with van der Waals surface area (Å²) in [5.41, 5.74) is -0.634. The van der Waals surface area contributed by atoms with E-state index in [1.54, 1.807) is 4.90 Å². The van der Waals surface area contributed by atoms with Crippen LogP contribution in [-0.4, -0.2) is 52.6 Å². The molecular weight excluding hydrogens is 288 g/mol. The predicted molar refractivity (Wildman–Crippen MR) is 84.7 cm³/mol. The highest BCUT2D eigenvalue weighted by Crippen LogP contribution is 2.42. The lowest BCUT2D eigenvalue weighted by molar-refractivity contribution is -0.151. The average Bonchev–Trinajstić information content (AvgIpc) is 2.46. The van der Waals surface area contributed by atoms with Gasteiger partial charge in [-0.2, -0.15) is 11.8 Å². The Labute approximate surface area is 130 Å². The van der Waals surface area contributed by atoms with Crippen molar-refractivity contribution in [2.75, 3.05) is 25.9 Å². The number of carbonyl (C=O) groups is 2. The average molecular weight is 314 g/mol. The highest BCUT2D eigenvalue weighted by Gasteiger charge is 2.41. The van der Waals surface area contributed by atoms with Gasteiger partial charge < -0.3 is 15.3 Å². The fraction of sp³-hybridized carbons (Fsp3) is 0.867. The van der Waals surface area contributed by atoms with Crippen molar-refractivity contribution >= 4 is 23.8 Å². The molecule has 2 amide bonds. The number of rotatable bonds is 5. The second-order valence-electron chi connectivity index (χ2n) is 6.33. The number of thioether (sulfide) groups is 1. The molecule has 6 heteroatoms. The number of likely N-dealkylation sites (tertiary alicyclic amines) is 1. The van der Waals surface area contributed by atoms with E-state index in [9.17, 15) is 14.7 Å². The summed E-state index contributed by atoms with van der Waals surface area (Å²) < 4.78 is 0.236. The van der Waals surface area contributed by atoms with Crippen LogP contribution in [0.4, 0.5) is 4.79 Å². The van der Waals surface area contributed by atoms with Gasteiger partial charge in [0.15, 0.2) is 0 Å². The van der Waals surface area contributed by atoms with Crippen LogP contribution >= 0.6 is 11.8 Å². The Balaban J connectivity index is 1.82. The number of amides is 2. The van der Waals surface area contributed by atoms with Gasteiger partial charge in [-0.1, -0.05) is 13.3 Å². The van der Waals surface area contributed by atoms with Crippen molar-refractivity contribution < 1.29 is 14.7 Å². The Kier molecular flexibility index (Phi) is 5.07. The van der Waals surface area contributed by atoms with Crippen LogP contribution in [0.25, 0.3) is 0 Å². The molecule has 2 fully saturated rings. The van der Waals surface area contributed by atoms with Crippen molar-refractivity contribution in [1.82, 2.24) is 10.2 Å². The Morgan fingerprint density at radius 3 is 2.24 bits per heavy atom. The third-order valence-electron chi connectivity index (χ3n) is 5.40. The zero-order valence-corrected chi connectivity index (χ0v) is 13.8. The van der Waals surface area contributed by atoms with E-state index in [0.29, 0.717) is 32.4 Å². The van der Waals surface area contributed by atoms with Crippen molar-refractivity contribution in [1.29, 1.82) is 0 Å². The van der Waals surface area contributed by atoms with Gasteiger partial charge in [0.05, 0.1) is 5.41 Å². The monoisotopic (exact) mass is 314 g/mol. The Morgan fingerprint density at radius 2 is 1.86 bits per heavy atom. The fourth-order valence-corrected chi connectivity index (χ4v) is 4.14. The van der Waals surface area contributed by atoms with Gasteiger partial charge in [-0.3, -0.25) is 4.79 Å². The van der Waals surface area contributed by atoms with Crippen LogP contribution in [0.1, 0.15) is 45.4 Å². The molecule has 0 aromatic rings. The molecule has 1 saturated carbocycles. The maximum absolute atomic E-state index is 12.2. The summed E-state index contributed by atoms with van der Waals surface area (Å²) in [6.07, 6.45) is 7.44. The van der Waals surface area contributed by atoms with Crippen LogP contribution in [0.2, 0.25) is 0 Å². The molecule has 2 aliphatic rings. The molecule has 0 aromatic heterocycles. The van der Waals surface area contributed by atoms with Gasteiger partial charge in [0.1, 0.15) is 0 Å². The number of carboxylic acid groups (broad SMARTS) is 1. The topological polar surface area (TPSA) is 69.6 Å². The maximum atomic E-state index is 12.2. The lowest BCUT2D eigenvalue weighted by Gasteiger charge is -2.42. The summed E-state index contributed by atoms with van der Waals surface area (Å²) in [6.45, 7) is 3.72. The van der Waals surface area contributed by atoms with E-state index < -0.39 is 11.4 Å². The third kappa shape index (κ3) is 3.30. The molecule has 2 N–H and O–H groups in total. The summed E-state index contributed by atoms with van der Waals surface area (Å²) in [6, 6.07) is -0.0367.